The number of rotatable bonds is 0. The van der Waals surface area contributed by atoms with Crippen molar-refractivity contribution >= 4 is 11.6 Å². The molecule has 0 atom stereocenters. The van der Waals surface area contributed by atoms with Gasteiger partial charge in [-0.25, -0.2) is 4.98 Å². The molecule has 0 fully saturated rings. The molecule has 0 radical (unpaired) electrons. The van der Waals surface area contributed by atoms with Gasteiger partial charge in [-0.05, 0) is 12.8 Å². The molecule has 0 aromatic carbocycles. The van der Waals surface area contributed by atoms with Gasteiger partial charge in [-0.1, -0.05) is 11.6 Å². The first-order chi connectivity index (χ1) is 5.77. The Kier molecular flexibility index (Phi) is 1.89. The fraction of sp³-hybridized carbons (Fsp3) is 0.500. The molecule has 0 spiro atoms. The first kappa shape index (κ1) is 7.80. The summed E-state index contributed by atoms with van der Waals surface area (Å²) < 4.78 is 1.70. The van der Waals surface area contributed by atoms with Crippen molar-refractivity contribution in [2.45, 2.75) is 25.8 Å². The second-order valence-corrected chi connectivity index (χ2v) is 3.33. The molecule has 2 rings (SSSR count). The van der Waals surface area contributed by atoms with E-state index in [-0.39, 0.29) is 5.56 Å². The summed E-state index contributed by atoms with van der Waals surface area (Å²) in [5.74, 6) is 0.832. The molecule has 1 aromatic heterocycles. The van der Waals surface area contributed by atoms with E-state index in [9.17, 15) is 4.79 Å². The molecular weight excluding hydrogens is 176 g/mol. The van der Waals surface area contributed by atoms with Gasteiger partial charge in [-0.3, -0.25) is 9.36 Å². The van der Waals surface area contributed by atoms with Crippen molar-refractivity contribution in [3.63, 3.8) is 0 Å². The Labute approximate surface area is 75.0 Å². The number of hydrogen-bond acceptors (Lipinski definition) is 2. The van der Waals surface area contributed by atoms with Crippen molar-refractivity contribution < 1.29 is 0 Å². The standard InChI is InChI=1S/C8H9ClN2O/c9-6-5-8(12)11-4-2-1-3-7(11)10-6/h5H,1-4H2. The van der Waals surface area contributed by atoms with E-state index in [2.05, 4.69) is 4.98 Å². The molecule has 1 aliphatic heterocycles. The molecule has 3 nitrogen and oxygen atoms in total. The predicted octanol–water partition coefficient (Wildman–Crippen LogP) is 1.23. The highest BCUT2D eigenvalue weighted by Gasteiger charge is 2.11. The number of hydrogen-bond donors (Lipinski definition) is 0. The second kappa shape index (κ2) is 2.90. The number of nitrogens with zero attached hydrogens (tertiary/aromatic N) is 2. The Morgan fingerprint density at radius 2 is 2.33 bits per heavy atom. The molecule has 1 aromatic rings. The zero-order valence-corrected chi connectivity index (χ0v) is 7.34. The van der Waals surface area contributed by atoms with Crippen LogP contribution < -0.4 is 5.56 Å². The van der Waals surface area contributed by atoms with Crippen LogP contribution in [0.1, 0.15) is 18.7 Å². The molecule has 0 bridgehead atoms. The highest BCUT2D eigenvalue weighted by molar-refractivity contribution is 6.29. The highest BCUT2D eigenvalue weighted by atomic mass is 35.5. The fourth-order valence-electron chi connectivity index (χ4n) is 1.51. The normalized spacial score (nSPS) is 15.8. The minimum Gasteiger partial charge on any atom is -0.297 e. The van der Waals surface area contributed by atoms with Crippen LogP contribution in [-0.4, -0.2) is 9.55 Å². The summed E-state index contributed by atoms with van der Waals surface area (Å²) in [5.41, 5.74) is -0.0234. The second-order valence-electron chi connectivity index (χ2n) is 2.94. The topological polar surface area (TPSA) is 34.9 Å². The number of halogens is 1. The molecule has 0 unspecified atom stereocenters. The minimum absolute atomic E-state index is 0.0234. The van der Waals surface area contributed by atoms with Crippen molar-refractivity contribution in [2.75, 3.05) is 0 Å². The van der Waals surface area contributed by atoms with Crippen LogP contribution in [0.3, 0.4) is 0 Å². The molecule has 0 saturated carbocycles. The Morgan fingerprint density at radius 1 is 1.50 bits per heavy atom. The van der Waals surface area contributed by atoms with E-state index in [1.165, 1.54) is 6.07 Å². The van der Waals surface area contributed by atoms with Crippen LogP contribution in [0, 0.1) is 0 Å². The Bertz CT molecular complexity index is 359. The van der Waals surface area contributed by atoms with Gasteiger partial charge in [0, 0.05) is 19.0 Å². The molecule has 1 aliphatic rings. The third-order valence-corrected chi connectivity index (χ3v) is 2.28. The highest BCUT2D eigenvalue weighted by Crippen LogP contribution is 2.11. The van der Waals surface area contributed by atoms with Crippen LogP contribution in [0.5, 0.6) is 0 Å². The maximum atomic E-state index is 11.3. The van der Waals surface area contributed by atoms with Gasteiger partial charge >= 0.3 is 0 Å². The minimum atomic E-state index is -0.0234. The zero-order valence-electron chi connectivity index (χ0n) is 6.59. The van der Waals surface area contributed by atoms with Gasteiger partial charge in [-0.2, -0.15) is 0 Å². The lowest BCUT2D eigenvalue weighted by molar-refractivity contribution is 0.496. The van der Waals surface area contributed by atoms with E-state index < -0.39 is 0 Å². The maximum Gasteiger partial charge on any atom is 0.254 e. The quantitative estimate of drug-likeness (QED) is 0.569. The van der Waals surface area contributed by atoms with E-state index >= 15 is 0 Å². The van der Waals surface area contributed by atoms with E-state index in [0.717, 1.165) is 31.6 Å². The molecule has 12 heavy (non-hydrogen) atoms. The lowest BCUT2D eigenvalue weighted by Gasteiger charge is -2.16. The Balaban J connectivity index is 2.60. The summed E-state index contributed by atoms with van der Waals surface area (Å²) >= 11 is 5.66. The predicted molar refractivity (Wildman–Crippen MR) is 46.4 cm³/mol. The van der Waals surface area contributed by atoms with E-state index in [1.807, 2.05) is 0 Å². The van der Waals surface area contributed by atoms with Gasteiger partial charge in [0.05, 0.1) is 0 Å². The van der Waals surface area contributed by atoms with Crippen molar-refractivity contribution in [3.8, 4) is 0 Å². The number of fused-ring (bicyclic) bond motifs is 1. The van der Waals surface area contributed by atoms with Crippen molar-refractivity contribution in [1.82, 2.24) is 9.55 Å². The summed E-state index contributed by atoms with van der Waals surface area (Å²) in [6, 6.07) is 1.37. The molecule has 0 aliphatic carbocycles. The van der Waals surface area contributed by atoms with Crippen LogP contribution in [0.25, 0.3) is 0 Å². The van der Waals surface area contributed by atoms with Gasteiger partial charge in [0.25, 0.3) is 5.56 Å². The first-order valence-electron chi connectivity index (χ1n) is 4.03. The van der Waals surface area contributed by atoms with Gasteiger partial charge < -0.3 is 0 Å². The average Bonchev–Trinajstić information content (AvgIpc) is 2.04. The van der Waals surface area contributed by atoms with E-state index in [4.69, 9.17) is 11.6 Å². The van der Waals surface area contributed by atoms with Crippen molar-refractivity contribution in [3.05, 3.63) is 27.4 Å². The number of aromatic nitrogens is 2. The first-order valence-corrected chi connectivity index (χ1v) is 4.41. The van der Waals surface area contributed by atoms with Gasteiger partial charge in [0.2, 0.25) is 0 Å². The molecule has 4 heteroatoms. The molecule has 2 heterocycles. The number of aryl methyl sites for hydroxylation is 1. The Hall–Kier alpha value is -0.830. The summed E-state index contributed by atoms with van der Waals surface area (Å²) in [6.45, 7) is 0.790. The lowest BCUT2D eigenvalue weighted by atomic mass is 10.1. The summed E-state index contributed by atoms with van der Waals surface area (Å²) in [4.78, 5) is 15.4. The lowest BCUT2D eigenvalue weighted by Crippen LogP contribution is -2.27. The van der Waals surface area contributed by atoms with Gasteiger partial charge in [0.15, 0.2) is 0 Å². The smallest absolute Gasteiger partial charge is 0.254 e. The van der Waals surface area contributed by atoms with Crippen LogP contribution in [0.4, 0.5) is 0 Å². The molecule has 64 valence electrons. The SMILES string of the molecule is O=c1cc(Cl)nc2n1CCCC2. The molecule has 0 N–H and O–H groups in total. The molecular formula is C8H9ClN2O. The van der Waals surface area contributed by atoms with E-state index in [1.54, 1.807) is 4.57 Å². The van der Waals surface area contributed by atoms with Gasteiger partial charge in [0.1, 0.15) is 11.0 Å². The maximum absolute atomic E-state index is 11.3. The van der Waals surface area contributed by atoms with Crippen LogP contribution >= 0.6 is 11.6 Å². The summed E-state index contributed by atoms with van der Waals surface area (Å²) in [6.07, 6.45) is 3.04. The van der Waals surface area contributed by atoms with Crippen LogP contribution in [0.15, 0.2) is 10.9 Å². The van der Waals surface area contributed by atoms with Crippen LogP contribution in [-0.2, 0) is 13.0 Å². The zero-order chi connectivity index (χ0) is 8.55. The van der Waals surface area contributed by atoms with E-state index in [0.29, 0.717) is 5.15 Å². The molecule has 0 saturated heterocycles. The monoisotopic (exact) mass is 184 g/mol. The largest absolute Gasteiger partial charge is 0.297 e. The van der Waals surface area contributed by atoms with Crippen LogP contribution in [0.2, 0.25) is 5.15 Å². The summed E-state index contributed by atoms with van der Waals surface area (Å²) in [7, 11) is 0. The average molecular weight is 185 g/mol. The van der Waals surface area contributed by atoms with Crippen molar-refractivity contribution in [2.24, 2.45) is 0 Å². The van der Waals surface area contributed by atoms with Gasteiger partial charge in [-0.15, -0.1) is 0 Å². The summed E-state index contributed by atoms with van der Waals surface area (Å²) in [5, 5.41) is 0.313. The third kappa shape index (κ3) is 1.25. The van der Waals surface area contributed by atoms with Crippen molar-refractivity contribution in [1.29, 1.82) is 0 Å². The Morgan fingerprint density at radius 3 is 3.17 bits per heavy atom. The molecule has 0 amide bonds. The fourth-order valence-corrected chi connectivity index (χ4v) is 1.70. The third-order valence-electron chi connectivity index (χ3n) is 2.09.